The normalized spacial score (nSPS) is 18.7. The Morgan fingerprint density at radius 3 is 2.84 bits per heavy atom. The molecule has 1 atom stereocenters. The van der Waals surface area contributed by atoms with Crippen LogP contribution in [0.2, 0.25) is 0 Å². The molecule has 4 heteroatoms. The smallest absolute Gasteiger partial charge is 0.143 e. The summed E-state index contributed by atoms with van der Waals surface area (Å²) in [5, 5.41) is 0. The van der Waals surface area contributed by atoms with Crippen molar-refractivity contribution in [3.05, 3.63) is 30.1 Å². The molecule has 1 aliphatic heterocycles. The number of carbonyl (C=O) groups is 1. The van der Waals surface area contributed by atoms with E-state index in [-0.39, 0.29) is 11.6 Å². The van der Waals surface area contributed by atoms with Crippen LogP contribution in [0.15, 0.2) is 29.2 Å². The fourth-order valence-corrected chi connectivity index (χ4v) is 2.97. The molecule has 104 valence electrons. The standard InChI is InChI=1S/C15H19FO2S/c16-12-6-8-15(9-7-12)19-11-13(17)3-1-4-14-5-2-10-18-14/h6-9,14H,1-5,10-11H2. The minimum absolute atomic E-state index is 0.243. The van der Waals surface area contributed by atoms with Crippen LogP contribution in [0.3, 0.4) is 0 Å². The lowest BCUT2D eigenvalue weighted by molar-refractivity contribution is -0.116. The van der Waals surface area contributed by atoms with Gasteiger partial charge < -0.3 is 4.74 Å². The Balaban J connectivity index is 1.60. The van der Waals surface area contributed by atoms with Crippen LogP contribution < -0.4 is 0 Å². The van der Waals surface area contributed by atoms with Gasteiger partial charge in [0.05, 0.1) is 11.9 Å². The van der Waals surface area contributed by atoms with Crippen molar-refractivity contribution in [2.75, 3.05) is 12.4 Å². The van der Waals surface area contributed by atoms with Crippen molar-refractivity contribution in [1.29, 1.82) is 0 Å². The Morgan fingerprint density at radius 1 is 1.37 bits per heavy atom. The molecule has 0 amide bonds. The van der Waals surface area contributed by atoms with Gasteiger partial charge in [0.15, 0.2) is 0 Å². The number of benzene rings is 1. The maximum atomic E-state index is 12.7. The summed E-state index contributed by atoms with van der Waals surface area (Å²) in [6.07, 6.45) is 5.18. The van der Waals surface area contributed by atoms with Gasteiger partial charge in [0.25, 0.3) is 0 Å². The first-order chi connectivity index (χ1) is 9.24. The number of halogens is 1. The van der Waals surface area contributed by atoms with E-state index < -0.39 is 0 Å². The van der Waals surface area contributed by atoms with Gasteiger partial charge >= 0.3 is 0 Å². The first-order valence-corrected chi connectivity index (χ1v) is 7.74. The Bertz CT molecular complexity index is 399. The van der Waals surface area contributed by atoms with Crippen LogP contribution in [0.5, 0.6) is 0 Å². The Hall–Kier alpha value is -0.870. The fourth-order valence-electron chi connectivity index (χ4n) is 2.17. The number of Topliss-reactive ketones (excluding diaryl/α,β-unsaturated/α-hetero) is 1. The molecule has 0 aliphatic carbocycles. The first-order valence-electron chi connectivity index (χ1n) is 6.76. The zero-order valence-corrected chi connectivity index (χ0v) is 11.8. The molecular weight excluding hydrogens is 263 g/mol. The molecule has 1 fully saturated rings. The van der Waals surface area contributed by atoms with Gasteiger partial charge in [-0.3, -0.25) is 4.79 Å². The molecule has 0 saturated carbocycles. The molecule has 1 unspecified atom stereocenters. The van der Waals surface area contributed by atoms with E-state index >= 15 is 0 Å². The fraction of sp³-hybridized carbons (Fsp3) is 0.533. The van der Waals surface area contributed by atoms with Crippen LogP contribution in [0.25, 0.3) is 0 Å². The summed E-state index contributed by atoms with van der Waals surface area (Å²) in [7, 11) is 0. The minimum atomic E-state index is -0.243. The van der Waals surface area contributed by atoms with Gasteiger partial charge in [-0.2, -0.15) is 0 Å². The van der Waals surface area contributed by atoms with E-state index in [9.17, 15) is 9.18 Å². The zero-order chi connectivity index (χ0) is 13.5. The highest BCUT2D eigenvalue weighted by atomic mass is 32.2. The van der Waals surface area contributed by atoms with Gasteiger partial charge in [0, 0.05) is 17.9 Å². The second-order valence-corrected chi connectivity index (χ2v) is 5.86. The number of rotatable bonds is 7. The average molecular weight is 282 g/mol. The molecule has 2 rings (SSSR count). The molecule has 2 nitrogen and oxygen atoms in total. The first kappa shape index (κ1) is 14.5. The molecule has 1 saturated heterocycles. The van der Waals surface area contributed by atoms with Crippen molar-refractivity contribution in [3.8, 4) is 0 Å². The van der Waals surface area contributed by atoms with Crippen molar-refractivity contribution in [3.63, 3.8) is 0 Å². The van der Waals surface area contributed by atoms with Crippen LogP contribution in [0, 0.1) is 5.82 Å². The molecule has 1 aromatic rings. The molecule has 0 spiro atoms. The third-order valence-corrected chi connectivity index (χ3v) is 4.29. The van der Waals surface area contributed by atoms with Crippen molar-refractivity contribution < 1.29 is 13.9 Å². The predicted octanol–water partition coefficient (Wildman–Crippen LogP) is 3.84. The highest BCUT2D eigenvalue weighted by molar-refractivity contribution is 8.00. The van der Waals surface area contributed by atoms with Crippen LogP contribution >= 0.6 is 11.8 Å². The van der Waals surface area contributed by atoms with E-state index in [0.717, 1.165) is 37.2 Å². The summed E-state index contributed by atoms with van der Waals surface area (Å²) in [5.74, 6) is 0.483. The summed E-state index contributed by atoms with van der Waals surface area (Å²) in [4.78, 5) is 12.7. The molecule has 1 heterocycles. The molecule has 1 aliphatic rings. The van der Waals surface area contributed by atoms with Gasteiger partial charge in [-0.05, 0) is 49.9 Å². The number of ether oxygens (including phenoxy) is 1. The Morgan fingerprint density at radius 2 is 2.16 bits per heavy atom. The minimum Gasteiger partial charge on any atom is -0.378 e. The van der Waals surface area contributed by atoms with Crippen LogP contribution in [-0.2, 0) is 9.53 Å². The second-order valence-electron chi connectivity index (χ2n) is 4.81. The monoisotopic (exact) mass is 282 g/mol. The topological polar surface area (TPSA) is 26.3 Å². The molecule has 19 heavy (non-hydrogen) atoms. The molecule has 0 radical (unpaired) electrons. The van der Waals surface area contributed by atoms with Gasteiger partial charge in [0.1, 0.15) is 11.6 Å². The largest absolute Gasteiger partial charge is 0.378 e. The van der Waals surface area contributed by atoms with Crippen LogP contribution in [-0.4, -0.2) is 24.2 Å². The summed E-state index contributed by atoms with van der Waals surface area (Å²) < 4.78 is 18.2. The lowest BCUT2D eigenvalue weighted by atomic mass is 10.1. The van der Waals surface area contributed by atoms with Gasteiger partial charge in [-0.1, -0.05) is 0 Å². The van der Waals surface area contributed by atoms with Gasteiger partial charge in [-0.25, -0.2) is 4.39 Å². The Labute approximate surface area is 117 Å². The summed E-state index contributed by atoms with van der Waals surface area (Å²) in [5.41, 5.74) is 0. The molecule has 0 aromatic heterocycles. The van der Waals surface area contributed by atoms with Crippen LogP contribution in [0.1, 0.15) is 32.1 Å². The zero-order valence-electron chi connectivity index (χ0n) is 10.9. The third-order valence-electron chi connectivity index (χ3n) is 3.22. The quantitative estimate of drug-likeness (QED) is 0.711. The summed E-state index contributed by atoms with van der Waals surface area (Å²) in [6, 6.07) is 6.26. The molecule has 1 aromatic carbocycles. The van der Waals surface area contributed by atoms with E-state index in [2.05, 4.69) is 0 Å². The van der Waals surface area contributed by atoms with Gasteiger partial charge in [-0.15, -0.1) is 11.8 Å². The molecular formula is C15H19FO2S. The van der Waals surface area contributed by atoms with E-state index in [0.29, 0.717) is 18.3 Å². The lowest BCUT2D eigenvalue weighted by Gasteiger charge is -2.08. The molecule has 0 bridgehead atoms. The molecule has 0 N–H and O–H groups in total. The predicted molar refractivity (Wildman–Crippen MR) is 75.0 cm³/mol. The number of carbonyl (C=O) groups excluding carboxylic acids is 1. The SMILES string of the molecule is O=C(CCCC1CCCO1)CSc1ccc(F)cc1. The summed E-state index contributed by atoms with van der Waals surface area (Å²) >= 11 is 1.47. The maximum Gasteiger partial charge on any atom is 0.143 e. The highest BCUT2D eigenvalue weighted by Gasteiger charge is 2.15. The van der Waals surface area contributed by atoms with E-state index in [1.807, 2.05) is 0 Å². The van der Waals surface area contributed by atoms with Crippen molar-refractivity contribution in [2.24, 2.45) is 0 Å². The number of hydrogen-bond donors (Lipinski definition) is 0. The van der Waals surface area contributed by atoms with E-state index in [1.165, 1.54) is 23.9 Å². The van der Waals surface area contributed by atoms with E-state index in [4.69, 9.17) is 4.74 Å². The van der Waals surface area contributed by atoms with E-state index in [1.54, 1.807) is 12.1 Å². The highest BCUT2D eigenvalue weighted by Crippen LogP contribution is 2.20. The Kier molecular flexibility index (Phi) is 5.86. The average Bonchev–Trinajstić information content (AvgIpc) is 2.91. The van der Waals surface area contributed by atoms with Crippen molar-refractivity contribution in [2.45, 2.75) is 43.1 Å². The second kappa shape index (κ2) is 7.65. The van der Waals surface area contributed by atoms with Gasteiger partial charge in [0.2, 0.25) is 0 Å². The maximum absolute atomic E-state index is 12.7. The third kappa shape index (κ3) is 5.33. The number of hydrogen-bond acceptors (Lipinski definition) is 3. The summed E-state index contributed by atoms with van der Waals surface area (Å²) in [6.45, 7) is 0.874. The number of thioether (sulfide) groups is 1. The number of ketones is 1. The lowest BCUT2D eigenvalue weighted by Crippen LogP contribution is -2.07. The van der Waals surface area contributed by atoms with Crippen molar-refractivity contribution >= 4 is 17.5 Å². The van der Waals surface area contributed by atoms with Crippen molar-refractivity contribution in [1.82, 2.24) is 0 Å². The van der Waals surface area contributed by atoms with Crippen LogP contribution in [0.4, 0.5) is 4.39 Å².